The summed E-state index contributed by atoms with van der Waals surface area (Å²) < 4.78 is 0.786. The smallest absolute Gasteiger partial charge is 0.188 e. The van der Waals surface area contributed by atoms with Crippen LogP contribution >= 0.6 is 24.0 Å². The zero-order valence-electron chi connectivity index (χ0n) is 8.15. The number of thioether (sulfide) groups is 1. The summed E-state index contributed by atoms with van der Waals surface area (Å²) in [6.07, 6.45) is 1.69. The summed E-state index contributed by atoms with van der Waals surface area (Å²) in [5.74, 6) is 1.78. The first kappa shape index (κ1) is 10.9. The lowest BCUT2D eigenvalue weighted by atomic mass is 10.1. The SMILES string of the molecule is C/C=C(\O)N1C(=S)SC[C@@H]1C(C)C. The molecule has 0 aromatic rings. The Morgan fingerprint density at radius 1 is 1.77 bits per heavy atom. The van der Waals surface area contributed by atoms with Gasteiger partial charge in [-0.2, -0.15) is 0 Å². The van der Waals surface area contributed by atoms with E-state index >= 15 is 0 Å². The van der Waals surface area contributed by atoms with E-state index in [2.05, 4.69) is 13.8 Å². The van der Waals surface area contributed by atoms with Crippen LogP contribution in [0.3, 0.4) is 0 Å². The van der Waals surface area contributed by atoms with Gasteiger partial charge in [0.15, 0.2) is 5.88 Å². The van der Waals surface area contributed by atoms with Crippen LogP contribution in [0.25, 0.3) is 0 Å². The van der Waals surface area contributed by atoms with Crippen molar-refractivity contribution in [3.05, 3.63) is 12.0 Å². The second-order valence-corrected chi connectivity index (χ2v) is 5.06. The van der Waals surface area contributed by atoms with E-state index in [1.54, 1.807) is 17.8 Å². The molecule has 1 N–H and O–H groups in total. The molecule has 1 saturated heterocycles. The van der Waals surface area contributed by atoms with Gasteiger partial charge in [-0.1, -0.05) is 37.8 Å². The van der Waals surface area contributed by atoms with Crippen molar-refractivity contribution < 1.29 is 5.11 Å². The van der Waals surface area contributed by atoms with Crippen LogP contribution < -0.4 is 0 Å². The van der Waals surface area contributed by atoms with Crippen LogP contribution in [0.15, 0.2) is 12.0 Å². The Kier molecular flexibility index (Phi) is 3.62. The lowest BCUT2D eigenvalue weighted by molar-refractivity contribution is 0.219. The molecule has 0 spiro atoms. The number of allylic oxidation sites excluding steroid dienone is 1. The van der Waals surface area contributed by atoms with Crippen molar-refractivity contribution in [1.29, 1.82) is 0 Å². The first-order valence-electron chi connectivity index (χ1n) is 4.39. The van der Waals surface area contributed by atoms with Crippen LogP contribution in [0.4, 0.5) is 0 Å². The molecule has 13 heavy (non-hydrogen) atoms. The highest BCUT2D eigenvalue weighted by atomic mass is 32.2. The lowest BCUT2D eigenvalue weighted by Gasteiger charge is -2.26. The molecule has 4 heteroatoms. The van der Waals surface area contributed by atoms with Crippen LogP contribution in [-0.4, -0.2) is 26.1 Å². The number of rotatable bonds is 2. The zero-order valence-corrected chi connectivity index (χ0v) is 9.78. The molecule has 0 aromatic carbocycles. The van der Waals surface area contributed by atoms with E-state index in [1.165, 1.54) is 0 Å². The van der Waals surface area contributed by atoms with Gasteiger partial charge in [-0.15, -0.1) is 0 Å². The van der Waals surface area contributed by atoms with Crippen molar-refractivity contribution in [3.63, 3.8) is 0 Å². The molecule has 1 rings (SSSR count). The van der Waals surface area contributed by atoms with Crippen LogP contribution in [0, 0.1) is 5.92 Å². The quantitative estimate of drug-likeness (QED) is 0.567. The fraction of sp³-hybridized carbons (Fsp3) is 0.667. The van der Waals surface area contributed by atoms with Gasteiger partial charge in [0.05, 0.1) is 6.04 Å². The summed E-state index contributed by atoms with van der Waals surface area (Å²) in [6, 6.07) is 0.341. The van der Waals surface area contributed by atoms with E-state index in [0.717, 1.165) is 10.1 Å². The average Bonchev–Trinajstić information content (AvgIpc) is 2.46. The fourth-order valence-corrected chi connectivity index (χ4v) is 2.98. The monoisotopic (exact) mass is 217 g/mol. The predicted molar refractivity (Wildman–Crippen MR) is 61.9 cm³/mol. The molecular formula is C9H15NOS2. The molecule has 0 aliphatic carbocycles. The number of hydrogen-bond acceptors (Lipinski definition) is 3. The van der Waals surface area contributed by atoms with E-state index in [1.807, 2.05) is 11.8 Å². The van der Waals surface area contributed by atoms with E-state index in [9.17, 15) is 5.11 Å². The highest BCUT2D eigenvalue weighted by molar-refractivity contribution is 8.23. The Labute approximate surface area is 89.0 Å². The zero-order chi connectivity index (χ0) is 10.0. The molecule has 0 amide bonds. The third-order valence-electron chi connectivity index (χ3n) is 2.18. The Balaban J connectivity index is 2.83. The molecule has 1 heterocycles. The summed E-state index contributed by atoms with van der Waals surface area (Å²) in [6.45, 7) is 6.11. The van der Waals surface area contributed by atoms with Gasteiger partial charge in [0, 0.05) is 5.75 Å². The average molecular weight is 217 g/mol. The van der Waals surface area contributed by atoms with Crippen molar-refractivity contribution in [1.82, 2.24) is 4.90 Å². The van der Waals surface area contributed by atoms with E-state index in [4.69, 9.17) is 12.2 Å². The van der Waals surface area contributed by atoms with Gasteiger partial charge in [0.1, 0.15) is 4.32 Å². The van der Waals surface area contributed by atoms with Crippen LogP contribution in [-0.2, 0) is 0 Å². The van der Waals surface area contributed by atoms with Crippen LogP contribution in [0.2, 0.25) is 0 Å². The maximum atomic E-state index is 9.63. The van der Waals surface area contributed by atoms with Gasteiger partial charge in [0.25, 0.3) is 0 Å². The molecule has 2 nitrogen and oxygen atoms in total. The lowest BCUT2D eigenvalue weighted by Crippen LogP contribution is -2.36. The van der Waals surface area contributed by atoms with Crippen LogP contribution in [0.1, 0.15) is 20.8 Å². The predicted octanol–water partition coefficient (Wildman–Crippen LogP) is 2.76. The maximum Gasteiger partial charge on any atom is 0.188 e. The van der Waals surface area contributed by atoms with Crippen molar-refractivity contribution in [3.8, 4) is 0 Å². The Morgan fingerprint density at radius 2 is 2.38 bits per heavy atom. The van der Waals surface area contributed by atoms with E-state index in [-0.39, 0.29) is 5.88 Å². The molecule has 1 atom stereocenters. The molecule has 0 radical (unpaired) electrons. The Bertz CT molecular complexity index is 238. The fourth-order valence-electron chi connectivity index (χ4n) is 1.33. The minimum atomic E-state index is 0.286. The second-order valence-electron chi connectivity index (χ2n) is 3.41. The molecule has 1 aliphatic heterocycles. The van der Waals surface area contributed by atoms with Gasteiger partial charge in [-0.3, -0.25) is 4.90 Å². The molecule has 0 unspecified atom stereocenters. The molecule has 0 bridgehead atoms. The number of hydrogen-bond donors (Lipinski definition) is 1. The summed E-state index contributed by atoms with van der Waals surface area (Å²) in [5, 5.41) is 9.63. The maximum absolute atomic E-state index is 9.63. The molecule has 1 fully saturated rings. The third-order valence-corrected chi connectivity index (χ3v) is 3.68. The van der Waals surface area contributed by atoms with Gasteiger partial charge < -0.3 is 5.11 Å². The standard InChI is InChI=1S/C9H15NOS2/c1-4-8(11)10-7(6(2)3)5-13-9(10)12/h4,6-7,11H,5H2,1-3H3/b8-4-/t7-/m1/s1. The summed E-state index contributed by atoms with van der Waals surface area (Å²) >= 11 is 6.81. The molecule has 0 saturated carbocycles. The second kappa shape index (κ2) is 4.33. The number of nitrogens with zero attached hydrogens (tertiary/aromatic N) is 1. The Morgan fingerprint density at radius 3 is 2.85 bits per heavy atom. The first-order valence-corrected chi connectivity index (χ1v) is 5.78. The number of aliphatic hydroxyl groups excluding tert-OH is 1. The largest absolute Gasteiger partial charge is 0.495 e. The van der Waals surface area contributed by atoms with Gasteiger partial charge in [-0.25, -0.2) is 0 Å². The van der Waals surface area contributed by atoms with Crippen molar-refractivity contribution in [2.75, 3.05) is 5.75 Å². The normalized spacial score (nSPS) is 24.6. The molecule has 74 valence electrons. The van der Waals surface area contributed by atoms with E-state index < -0.39 is 0 Å². The minimum absolute atomic E-state index is 0.286. The third kappa shape index (κ3) is 2.17. The van der Waals surface area contributed by atoms with Gasteiger partial charge >= 0.3 is 0 Å². The summed E-state index contributed by atoms with van der Waals surface area (Å²) in [5.41, 5.74) is 0. The van der Waals surface area contributed by atoms with Gasteiger partial charge in [0.2, 0.25) is 0 Å². The number of aliphatic hydroxyl groups is 1. The molecule has 1 aliphatic rings. The highest BCUT2D eigenvalue weighted by Gasteiger charge is 2.33. The topological polar surface area (TPSA) is 23.5 Å². The van der Waals surface area contributed by atoms with Crippen molar-refractivity contribution in [2.24, 2.45) is 5.92 Å². The Hall–Kier alpha value is -0.220. The van der Waals surface area contributed by atoms with E-state index in [0.29, 0.717) is 12.0 Å². The number of thiocarbonyl (C=S) groups is 1. The van der Waals surface area contributed by atoms with Crippen LogP contribution in [0.5, 0.6) is 0 Å². The highest BCUT2D eigenvalue weighted by Crippen LogP contribution is 2.31. The van der Waals surface area contributed by atoms with Gasteiger partial charge in [-0.05, 0) is 18.9 Å². The van der Waals surface area contributed by atoms with Crippen molar-refractivity contribution in [2.45, 2.75) is 26.8 Å². The van der Waals surface area contributed by atoms with Crippen molar-refractivity contribution >= 4 is 28.3 Å². The first-order chi connectivity index (χ1) is 6.07. The summed E-state index contributed by atoms with van der Waals surface area (Å²) in [7, 11) is 0. The minimum Gasteiger partial charge on any atom is -0.495 e. The molecule has 0 aromatic heterocycles. The summed E-state index contributed by atoms with van der Waals surface area (Å²) in [4.78, 5) is 1.85. The molecular weight excluding hydrogens is 202 g/mol.